The fourth-order valence-electron chi connectivity index (χ4n) is 5.32. The summed E-state index contributed by atoms with van der Waals surface area (Å²) in [5, 5.41) is 14.5. The van der Waals surface area contributed by atoms with Gasteiger partial charge in [-0.2, -0.15) is 18.2 Å². The highest BCUT2D eigenvalue weighted by atomic mass is 32.1. The van der Waals surface area contributed by atoms with Gasteiger partial charge in [-0.3, -0.25) is 4.68 Å². The largest absolute Gasteiger partial charge is 0.405 e. The summed E-state index contributed by atoms with van der Waals surface area (Å²) >= 11 is 1.48. The van der Waals surface area contributed by atoms with Crippen LogP contribution >= 0.6 is 11.3 Å². The van der Waals surface area contributed by atoms with E-state index in [9.17, 15) is 13.2 Å². The Balaban J connectivity index is 1.36. The Morgan fingerprint density at radius 2 is 1.92 bits per heavy atom. The Morgan fingerprint density at radius 3 is 2.67 bits per heavy atom. The van der Waals surface area contributed by atoms with Gasteiger partial charge in [-0.1, -0.05) is 17.3 Å². The predicted molar refractivity (Wildman–Crippen MR) is 139 cm³/mol. The highest BCUT2D eigenvalue weighted by Gasteiger charge is 2.54. The minimum absolute atomic E-state index is 0.0626. The number of para-hydroxylation sites is 1. The van der Waals surface area contributed by atoms with Gasteiger partial charge in [-0.25, -0.2) is 9.97 Å². The second-order valence-electron chi connectivity index (χ2n) is 10.2. The molecule has 0 radical (unpaired) electrons. The van der Waals surface area contributed by atoms with Crippen LogP contribution in [0.15, 0.2) is 36.7 Å². The van der Waals surface area contributed by atoms with E-state index in [4.69, 9.17) is 14.5 Å². The molecular weight excluding hydrogens is 533 g/mol. The highest BCUT2D eigenvalue weighted by molar-refractivity contribution is 7.21. The summed E-state index contributed by atoms with van der Waals surface area (Å²) in [6, 6.07) is 7.50. The van der Waals surface area contributed by atoms with E-state index in [1.54, 1.807) is 24.0 Å². The number of thiazole rings is 1. The SMILES string of the molecule is Cc1nc(NCC(F)(F)F)nc(N[C@@H]2C[C@H](Cn3ccnn3)[C@H]3OC(C)(C)O[C@H]32)c1-c1nc2ccccc2s1. The summed E-state index contributed by atoms with van der Waals surface area (Å²) < 4.78 is 54.2. The third kappa shape index (κ3) is 5.40. The van der Waals surface area contributed by atoms with Crippen LogP contribution in [0.4, 0.5) is 24.9 Å². The van der Waals surface area contributed by atoms with Gasteiger partial charge in [0.15, 0.2) is 5.79 Å². The van der Waals surface area contributed by atoms with Crippen molar-refractivity contribution in [3.63, 3.8) is 0 Å². The third-order valence-corrected chi connectivity index (χ3v) is 7.90. The van der Waals surface area contributed by atoms with Gasteiger partial charge in [0.25, 0.3) is 0 Å². The second-order valence-corrected chi connectivity index (χ2v) is 11.3. The number of benzene rings is 1. The van der Waals surface area contributed by atoms with Gasteiger partial charge in [0, 0.05) is 18.7 Å². The number of anilines is 2. The molecule has 1 saturated carbocycles. The number of halogens is 3. The van der Waals surface area contributed by atoms with E-state index in [2.05, 4.69) is 30.9 Å². The van der Waals surface area contributed by atoms with E-state index in [1.807, 2.05) is 38.1 Å². The zero-order valence-corrected chi connectivity index (χ0v) is 22.3. The summed E-state index contributed by atoms with van der Waals surface area (Å²) in [4.78, 5) is 13.6. The number of rotatable bonds is 7. The lowest BCUT2D eigenvalue weighted by molar-refractivity contribution is -0.157. The van der Waals surface area contributed by atoms with Crippen LogP contribution in [0.2, 0.25) is 0 Å². The molecule has 4 aromatic rings. The molecule has 1 saturated heterocycles. The molecule has 206 valence electrons. The monoisotopic (exact) mass is 560 g/mol. The lowest BCUT2D eigenvalue weighted by atomic mass is 10.1. The van der Waals surface area contributed by atoms with Crippen molar-refractivity contribution in [2.24, 2.45) is 5.92 Å². The normalized spacial score (nSPS) is 24.3. The summed E-state index contributed by atoms with van der Waals surface area (Å²) in [7, 11) is 0. The lowest BCUT2D eigenvalue weighted by Crippen LogP contribution is -2.35. The Hall–Kier alpha value is -3.36. The molecule has 4 heterocycles. The van der Waals surface area contributed by atoms with Gasteiger partial charge >= 0.3 is 6.18 Å². The van der Waals surface area contributed by atoms with E-state index in [-0.39, 0.29) is 30.1 Å². The number of hydrogen-bond donors (Lipinski definition) is 2. The smallest absolute Gasteiger partial charge is 0.364 e. The standard InChI is InChI=1S/C25H27F3N8O2S/c1-13-18(22-33-15-6-4-5-7-17(15)39-22)21(34-23(31-13)29-12-25(26,27)28)32-16-10-14(11-36-9-8-30-35-36)19-20(16)38-24(2,3)37-19/h4-9,14,16,19-20H,10-12H2,1-3H3,(H2,29,31,32,34)/t14-,16-,19-,20+/m1/s1. The van der Waals surface area contributed by atoms with Crippen molar-refractivity contribution in [3.05, 3.63) is 42.4 Å². The van der Waals surface area contributed by atoms with Crippen LogP contribution in [-0.2, 0) is 16.0 Å². The number of ether oxygens (including phenoxy) is 2. The van der Waals surface area contributed by atoms with Crippen molar-refractivity contribution in [2.75, 3.05) is 17.2 Å². The van der Waals surface area contributed by atoms with Gasteiger partial charge in [0.2, 0.25) is 5.95 Å². The molecule has 0 spiro atoms. The molecule has 4 atom stereocenters. The van der Waals surface area contributed by atoms with E-state index < -0.39 is 18.5 Å². The molecule has 0 amide bonds. The molecule has 14 heteroatoms. The topological polar surface area (TPSA) is 112 Å². The number of fused-ring (bicyclic) bond motifs is 2. The maximum absolute atomic E-state index is 13.0. The molecule has 6 rings (SSSR count). The van der Waals surface area contributed by atoms with Crippen LogP contribution < -0.4 is 10.6 Å². The van der Waals surface area contributed by atoms with E-state index in [1.165, 1.54) is 11.3 Å². The van der Waals surface area contributed by atoms with Gasteiger partial charge in [0.05, 0.1) is 39.8 Å². The molecule has 39 heavy (non-hydrogen) atoms. The minimum atomic E-state index is -4.41. The first-order valence-corrected chi connectivity index (χ1v) is 13.4. The van der Waals surface area contributed by atoms with Crippen molar-refractivity contribution in [3.8, 4) is 10.6 Å². The summed E-state index contributed by atoms with van der Waals surface area (Å²) in [6.07, 6.45) is -0.837. The van der Waals surface area contributed by atoms with E-state index >= 15 is 0 Å². The van der Waals surface area contributed by atoms with Gasteiger partial charge < -0.3 is 20.1 Å². The number of aromatic nitrogens is 6. The average molecular weight is 561 g/mol. The molecule has 1 aromatic carbocycles. The van der Waals surface area contributed by atoms with Crippen molar-refractivity contribution < 1.29 is 22.6 Å². The van der Waals surface area contributed by atoms with Crippen LogP contribution in [-0.4, -0.2) is 66.7 Å². The van der Waals surface area contributed by atoms with Crippen molar-refractivity contribution in [2.45, 2.75) is 63.9 Å². The summed E-state index contributed by atoms with van der Waals surface area (Å²) in [5.74, 6) is -0.445. The molecule has 2 aliphatic rings. The molecule has 3 aromatic heterocycles. The summed E-state index contributed by atoms with van der Waals surface area (Å²) in [6.45, 7) is 4.83. The van der Waals surface area contributed by atoms with Crippen LogP contribution in [0, 0.1) is 12.8 Å². The van der Waals surface area contributed by atoms with E-state index in [0.29, 0.717) is 35.0 Å². The Kier molecular flexibility index (Phi) is 6.43. The zero-order valence-electron chi connectivity index (χ0n) is 21.4. The van der Waals surface area contributed by atoms with Crippen molar-refractivity contribution in [1.29, 1.82) is 0 Å². The number of nitrogens with one attached hydrogen (secondary N) is 2. The fourth-order valence-corrected chi connectivity index (χ4v) is 6.39. The minimum Gasteiger partial charge on any atom is -0.364 e. The molecule has 2 N–H and O–H groups in total. The van der Waals surface area contributed by atoms with E-state index in [0.717, 1.165) is 10.2 Å². The second kappa shape index (κ2) is 9.68. The third-order valence-electron chi connectivity index (χ3n) is 6.84. The maximum Gasteiger partial charge on any atom is 0.405 e. The maximum atomic E-state index is 13.0. The molecule has 1 aliphatic heterocycles. The molecule has 0 unspecified atom stereocenters. The Bertz CT molecular complexity index is 1440. The highest BCUT2D eigenvalue weighted by Crippen LogP contribution is 2.44. The van der Waals surface area contributed by atoms with Crippen LogP contribution in [0.5, 0.6) is 0 Å². The molecule has 0 bridgehead atoms. The molecule has 10 nitrogen and oxygen atoms in total. The zero-order chi connectivity index (χ0) is 27.4. The first-order chi connectivity index (χ1) is 18.5. The number of nitrogens with zero attached hydrogens (tertiary/aromatic N) is 6. The van der Waals surface area contributed by atoms with Crippen LogP contribution in [0.3, 0.4) is 0 Å². The molecular formula is C25H27F3N8O2S. The van der Waals surface area contributed by atoms with Crippen LogP contribution in [0.1, 0.15) is 26.0 Å². The van der Waals surface area contributed by atoms with Crippen molar-refractivity contribution in [1.82, 2.24) is 29.9 Å². The number of aryl methyl sites for hydroxylation is 1. The van der Waals surface area contributed by atoms with Gasteiger partial charge in [0.1, 0.15) is 23.5 Å². The first kappa shape index (κ1) is 25.9. The average Bonchev–Trinajstić information content (AvgIpc) is 3.63. The molecule has 1 aliphatic carbocycles. The van der Waals surface area contributed by atoms with Gasteiger partial charge in [-0.15, -0.1) is 16.4 Å². The van der Waals surface area contributed by atoms with Crippen molar-refractivity contribution >= 4 is 33.3 Å². The number of alkyl halides is 3. The summed E-state index contributed by atoms with van der Waals surface area (Å²) in [5.41, 5.74) is 1.97. The van der Waals surface area contributed by atoms with Crippen LogP contribution in [0.25, 0.3) is 20.8 Å². The molecule has 2 fully saturated rings. The predicted octanol–water partition coefficient (Wildman–Crippen LogP) is 4.65. The van der Waals surface area contributed by atoms with Gasteiger partial charge in [-0.05, 0) is 39.3 Å². The quantitative estimate of drug-likeness (QED) is 0.334. The number of hydrogen-bond acceptors (Lipinski definition) is 10. The Labute approximate surface area is 226 Å². The lowest BCUT2D eigenvalue weighted by Gasteiger charge is -2.25. The fraction of sp³-hybridized carbons (Fsp3) is 0.480. The first-order valence-electron chi connectivity index (χ1n) is 12.6. The Morgan fingerprint density at radius 1 is 1.13 bits per heavy atom.